The Kier molecular flexibility index (Phi) is 5.60. The maximum atomic E-state index is 12.5. The number of hydrogen-bond acceptors (Lipinski definition) is 8. The Morgan fingerprint density at radius 2 is 1.97 bits per heavy atom. The summed E-state index contributed by atoms with van der Waals surface area (Å²) < 4.78 is 46.9. The van der Waals surface area contributed by atoms with E-state index in [1.807, 2.05) is 18.2 Å². The Morgan fingerprint density at radius 3 is 2.83 bits per heavy atom. The zero-order chi connectivity index (χ0) is 20.3. The van der Waals surface area contributed by atoms with Gasteiger partial charge in [0.2, 0.25) is 15.9 Å². The highest BCUT2D eigenvalue weighted by atomic mass is 32.2. The summed E-state index contributed by atoms with van der Waals surface area (Å²) in [6, 6.07) is 12.1. The Bertz CT molecular complexity index is 1130. The summed E-state index contributed by atoms with van der Waals surface area (Å²) in [7, 11) is -3.79. The molecule has 0 saturated heterocycles. The molecule has 0 fully saturated rings. The van der Waals surface area contributed by atoms with Gasteiger partial charge < -0.3 is 14.8 Å². The number of hydrogen-bond donors (Lipinski definition) is 2. The molecule has 0 saturated carbocycles. The van der Waals surface area contributed by atoms with Crippen LogP contribution in [0.4, 0.5) is 0 Å². The minimum Gasteiger partial charge on any atom is -0.486 e. The summed E-state index contributed by atoms with van der Waals surface area (Å²) in [5.74, 6) is 1.02. The molecule has 1 aliphatic heterocycles. The SMILES string of the molecule is O=C(CCNS(=O)(=O)c1cccc2nsnc12)NCC1COc2ccccc2O1. The van der Waals surface area contributed by atoms with Crippen LogP contribution in [0, 0.1) is 0 Å². The van der Waals surface area contributed by atoms with Crippen molar-refractivity contribution in [2.75, 3.05) is 19.7 Å². The van der Waals surface area contributed by atoms with Crippen LogP contribution < -0.4 is 19.5 Å². The Hall–Kier alpha value is -2.76. The minimum atomic E-state index is -3.79. The minimum absolute atomic E-state index is 0.00527. The maximum Gasteiger partial charge on any atom is 0.242 e. The molecule has 1 aliphatic rings. The molecule has 0 radical (unpaired) electrons. The van der Waals surface area contributed by atoms with Gasteiger partial charge in [0.1, 0.15) is 28.6 Å². The first-order valence-electron chi connectivity index (χ1n) is 8.89. The smallest absolute Gasteiger partial charge is 0.242 e. The third-order valence-corrected chi connectivity index (χ3v) is 6.31. The molecule has 3 aromatic rings. The number of aromatic nitrogens is 2. The van der Waals surface area contributed by atoms with Gasteiger partial charge in [0.05, 0.1) is 18.3 Å². The van der Waals surface area contributed by atoms with Gasteiger partial charge in [-0.1, -0.05) is 18.2 Å². The van der Waals surface area contributed by atoms with Gasteiger partial charge in [-0.25, -0.2) is 13.1 Å². The Morgan fingerprint density at radius 1 is 1.14 bits per heavy atom. The van der Waals surface area contributed by atoms with Gasteiger partial charge in [-0.2, -0.15) is 8.75 Å². The first kappa shape index (κ1) is 19.6. The number of benzene rings is 2. The standard InChI is InChI=1S/C18H18N4O5S2/c23-17(19-10-12-11-26-14-5-1-2-6-15(14)27-12)8-9-20-29(24,25)16-7-3-4-13-18(16)22-28-21-13/h1-7,12,20H,8-11H2,(H,19,23). The van der Waals surface area contributed by atoms with E-state index in [0.29, 0.717) is 29.1 Å². The van der Waals surface area contributed by atoms with Gasteiger partial charge in [0.25, 0.3) is 0 Å². The van der Waals surface area contributed by atoms with Crippen LogP contribution in [0.1, 0.15) is 6.42 Å². The summed E-state index contributed by atoms with van der Waals surface area (Å²) in [6.45, 7) is 0.562. The first-order valence-corrected chi connectivity index (χ1v) is 11.1. The predicted molar refractivity (Wildman–Crippen MR) is 107 cm³/mol. The number of sulfonamides is 1. The van der Waals surface area contributed by atoms with Gasteiger partial charge >= 0.3 is 0 Å². The van der Waals surface area contributed by atoms with E-state index in [0.717, 1.165) is 11.7 Å². The molecule has 29 heavy (non-hydrogen) atoms. The van der Waals surface area contributed by atoms with E-state index < -0.39 is 10.0 Å². The highest BCUT2D eigenvalue weighted by Crippen LogP contribution is 2.30. The van der Waals surface area contributed by atoms with E-state index in [1.54, 1.807) is 18.2 Å². The quantitative estimate of drug-likeness (QED) is 0.575. The largest absolute Gasteiger partial charge is 0.486 e. The third-order valence-electron chi connectivity index (χ3n) is 4.28. The zero-order valence-electron chi connectivity index (χ0n) is 15.2. The maximum absolute atomic E-state index is 12.5. The summed E-state index contributed by atoms with van der Waals surface area (Å²) in [5.41, 5.74) is 0.844. The lowest BCUT2D eigenvalue weighted by molar-refractivity contribution is -0.121. The lowest BCUT2D eigenvalue weighted by atomic mass is 10.2. The monoisotopic (exact) mass is 434 g/mol. The molecule has 2 N–H and O–H groups in total. The average molecular weight is 434 g/mol. The van der Waals surface area contributed by atoms with Crippen molar-refractivity contribution in [1.82, 2.24) is 18.8 Å². The number of carbonyl (C=O) groups excluding carboxylic acids is 1. The average Bonchev–Trinajstić information content (AvgIpc) is 3.20. The summed E-state index contributed by atoms with van der Waals surface area (Å²) in [5, 5.41) is 2.74. The van der Waals surface area contributed by atoms with Crippen molar-refractivity contribution in [2.45, 2.75) is 17.4 Å². The molecule has 2 aromatic carbocycles. The molecule has 2 heterocycles. The van der Waals surface area contributed by atoms with E-state index in [4.69, 9.17) is 9.47 Å². The van der Waals surface area contributed by atoms with Crippen molar-refractivity contribution >= 4 is 38.7 Å². The lowest BCUT2D eigenvalue weighted by Gasteiger charge is -2.26. The van der Waals surface area contributed by atoms with Crippen LogP contribution in [-0.2, 0) is 14.8 Å². The number of nitrogens with one attached hydrogen (secondary N) is 2. The van der Waals surface area contributed by atoms with E-state index in [-0.39, 0.29) is 36.4 Å². The second-order valence-corrected chi connectivity index (χ2v) is 8.60. The third kappa shape index (κ3) is 4.47. The van der Waals surface area contributed by atoms with Crippen LogP contribution in [0.3, 0.4) is 0 Å². The van der Waals surface area contributed by atoms with Gasteiger partial charge in [-0.05, 0) is 24.3 Å². The van der Waals surface area contributed by atoms with Crippen molar-refractivity contribution in [3.05, 3.63) is 42.5 Å². The normalized spacial score (nSPS) is 15.9. The molecule has 0 spiro atoms. The highest BCUT2D eigenvalue weighted by molar-refractivity contribution is 7.89. The summed E-state index contributed by atoms with van der Waals surface area (Å²) in [6.07, 6.45) is -0.311. The second kappa shape index (κ2) is 8.31. The number of rotatable bonds is 7. The van der Waals surface area contributed by atoms with Crippen molar-refractivity contribution in [2.24, 2.45) is 0 Å². The molecule has 0 bridgehead atoms. The molecule has 152 valence electrons. The van der Waals surface area contributed by atoms with Gasteiger partial charge in [0, 0.05) is 13.0 Å². The van der Waals surface area contributed by atoms with Crippen molar-refractivity contribution < 1.29 is 22.7 Å². The van der Waals surface area contributed by atoms with Crippen molar-refractivity contribution in [3.63, 3.8) is 0 Å². The van der Waals surface area contributed by atoms with Crippen molar-refractivity contribution in [3.8, 4) is 11.5 Å². The second-order valence-electron chi connectivity index (χ2n) is 6.34. The Labute approximate surface area is 171 Å². The number of fused-ring (bicyclic) bond motifs is 2. The highest BCUT2D eigenvalue weighted by Gasteiger charge is 2.22. The Balaban J connectivity index is 1.25. The van der Waals surface area contributed by atoms with Gasteiger partial charge in [-0.3, -0.25) is 4.79 Å². The molecule has 1 atom stereocenters. The lowest BCUT2D eigenvalue weighted by Crippen LogP contribution is -2.41. The zero-order valence-corrected chi connectivity index (χ0v) is 16.8. The molecule has 9 nitrogen and oxygen atoms in total. The van der Waals surface area contributed by atoms with Crippen LogP contribution in [0.15, 0.2) is 47.4 Å². The molecular weight excluding hydrogens is 416 g/mol. The topological polar surface area (TPSA) is 120 Å². The number of nitrogens with zero attached hydrogens (tertiary/aromatic N) is 2. The molecule has 1 amide bonds. The summed E-state index contributed by atoms with van der Waals surface area (Å²) >= 11 is 0.949. The fourth-order valence-electron chi connectivity index (χ4n) is 2.85. The molecule has 4 rings (SSSR count). The first-order chi connectivity index (χ1) is 14.0. The predicted octanol–water partition coefficient (Wildman–Crippen LogP) is 1.32. The fraction of sp³-hybridized carbons (Fsp3) is 0.278. The van der Waals surface area contributed by atoms with E-state index in [1.165, 1.54) is 6.07 Å². The number of amides is 1. The molecule has 11 heteroatoms. The van der Waals surface area contributed by atoms with Crippen LogP contribution in [0.2, 0.25) is 0 Å². The van der Waals surface area contributed by atoms with Crippen LogP contribution in [0.5, 0.6) is 11.5 Å². The number of para-hydroxylation sites is 2. The molecule has 0 aliphatic carbocycles. The van der Waals surface area contributed by atoms with E-state index in [2.05, 4.69) is 18.8 Å². The van der Waals surface area contributed by atoms with Crippen molar-refractivity contribution in [1.29, 1.82) is 0 Å². The van der Waals surface area contributed by atoms with Gasteiger partial charge in [0.15, 0.2) is 11.5 Å². The van der Waals surface area contributed by atoms with Gasteiger partial charge in [-0.15, -0.1) is 0 Å². The fourth-order valence-corrected chi connectivity index (χ4v) is 4.65. The van der Waals surface area contributed by atoms with E-state index >= 15 is 0 Å². The van der Waals surface area contributed by atoms with E-state index in [9.17, 15) is 13.2 Å². The number of carbonyl (C=O) groups is 1. The number of ether oxygens (including phenoxy) is 2. The van der Waals surface area contributed by atoms with Crippen LogP contribution in [0.25, 0.3) is 11.0 Å². The summed E-state index contributed by atoms with van der Waals surface area (Å²) in [4.78, 5) is 12.1. The van der Waals surface area contributed by atoms with Crippen LogP contribution in [-0.4, -0.2) is 48.9 Å². The van der Waals surface area contributed by atoms with Crippen LogP contribution >= 0.6 is 11.7 Å². The molecule has 1 aromatic heterocycles. The molecule has 1 unspecified atom stereocenters. The molecular formula is C18H18N4O5S2.